The zero-order valence-corrected chi connectivity index (χ0v) is 12.0. The number of rotatable bonds is 6. The average molecular weight is 290 g/mol. The maximum Gasteiger partial charge on any atom is 0.169 e. The molecule has 2 N–H and O–H groups in total. The highest BCUT2D eigenvalue weighted by molar-refractivity contribution is 7.80. The van der Waals surface area contributed by atoms with Crippen LogP contribution in [0, 0.1) is 0 Å². The van der Waals surface area contributed by atoms with E-state index >= 15 is 0 Å². The average Bonchev–Trinajstić information content (AvgIpc) is 2.99. The fraction of sp³-hybridized carbons (Fsp3) is 0.267. The first-order valence-corrected chi connectivity index (χ1v) is 6.90. The predicted octanol–water partition coefficient (Wildman–Crippen LogP) is 2.15. The number of aliphatic hydroxyl groups is 1. The minimum absolute atomic E-state index is 0.0649. The smallest absolute Gasteiger partial charge is 0.169 e. The quantitative estimate of drug-likeness (QED) is 0.798. The van der Waals surface area contributed by atoms with Crippen LogP contribution in [0.2, 0.25) is 0 Å². The molecule has 1 aromatic carbocycles. The molecule has 1 aromatic heterocycles. The van der Waals surface area contributed by atoms with Crippen molar-refractivity contribution in [3.8, 4) is 0 Å². The number of benzene rings is 1. The predicted molar refractivity (Wildman–Crippen MR) is 82.1 cm³/mol. The van der Waals surface area contributed by atoms with Crippen LogP contribution in [0.4, 0.5) is 0 Å². The summed E-state index contributed by atoms with van der Waals surface area (Å²) in [5, 5.41) is 12.9. The van der Waals surface area contributed by atoms with Gasteiger partial charge in [-0.2, -0.15) is 0 Å². The van der Waals surface area contributed by atoms with Crippen LogP contribution in [0.3, 0.4) is 0 Å². The maximum atomic E-state index is 9.17. The molecule has 106 valence electrons. The fourth-order valence-electron chi connectivity index (χ4n) is 1.86. The van der Waals surface area contributed by atoms with E-state index in [1.165, 1.54) is 0 Å². The lowest BCUT2D eigenvalue weighted by Gasteiger charge is -2.25. The molecule has 0 saturated heterocycles. The van der Waals surface area contributed by atoms with Gasteiger partial charge in [-0.05, 0) is 29.9 Å². The van der Waals surface area contributed by atoms with Crippen molar-refractivity contribution >= 4 is 17.3 Å². The minimum Gasteiger partial charge on any atom is -0.467 e. The Bertz CT molecular complexity index is 514. The lowest BCUT2D eigenvalue weighted by atomic mass is 10.2. The van der Waals surface area contributed by atoms with E-state index in [9.17, 15) is 0 Å². The zero-order valence-electron chi connectivity index (χ0n) is 11.2. The van der Waals surface area contributed by atoms with Gasteiger partial charge in [0.15, 0.2) is 5.11 Å². The summed E-state index contributed by atoms with van der Waals surface area (Å²) < 4.78 is 5.25. The monoisotopic (exact) mass is 290 g/mol. The molecule has 2 rings (SSSR count). The van der Waals surface area contributed by atoms with E-state index in [-0.39, 0.29) is 6.61 Å². The van der Waals surface area contributed by atoms with Crippen molar-refractivity contribution in [1.82, 2.24) is 10.2 Å². The van der Waals surface area contributed by atoms with E-state index in [1.54, 1.807) is 6.26 Å². The third-order valence-corrected chi connectivity index (χ3v) is 3.27. The van der Waals surface area contributed by atoms with Gasteiger partial charge in [-0.1, -0.05) is 30.3 Å². The molecule has 0 fully saturated rings. The Hall–Kier alpha value is -1.85. The minimum atomic E-state index is 0.0649. The van der Waals surface area contributed by atoms with E-state index in [0.29, 0.717) is 24.7 Å². The molecular weight excluding hydrogens is 272 g/mol. The fourth-order valence-corrected chi connectivity index (χ4v) is 2.09. The van der Waals surface area contributed by atoms with Crippen LogP contribution in [0.25, 0.3) is 0 Å². The van der Waals surface area contributed by atoms with Crippen molar-refractivity contribution in [2.75, 3.05) is 13.2 Å². The Morgan fingerprint density at radius 3 is 2.65 bits per heavy atom. The lowest BCUT2D eigenvalue weighted by molar-refractivity contribution is 0.245. The molecule has 0 aliphatic carbocycles. The van der Waals surface area contributed by atoms with Gasteiger partial charge in [-0.3, -0.25) is 0 Å². The number of thiocarbonyl (C=S) groups is 1. The van der Waals surface area contributed by atoms with Crippen LogP contribution < -0.4 is 5.32 Å². The van der Waals surface area contributed by atoms with E-state index in [2.05, 4.69) is 5.32 Å². The number of hydrogen-bond donors (Lipinski definition) is 2. The van der Waals surface area contributed by atoms with Gasteiger partial charge in [0, 0.05) is 13.1 Å². The van der Waals surface area contributed by atoms with Crippen molar-refractivity contribution in [3.05, 3.63) is 60.1 Å². The second kappa shape index (κ2) is 7.67. The molecule has 0 radical (unpaired) electrons. The highest BCUT2D eigenvalue weighted by Gasteiger charge is 2.10. The van der Waals surface area contributed by atoms with E-state index in [1.807, 2.05) is 47.4 Å². The van der Waals surface area contributed by atoms with Gasteiger partial charge >= 0.3 is 0 Å². The molecule has 2 aromatic rings. The second-order valence-electron chi connectivity index (χ2n) is 4.37. The van der Waals surface area contributed by atoms with Gasteiger partial charge < -0.3 is 19.7 Å². The SMILES string of the molecule is OCCN(Cc1ccccc1)C(=S)NCc1ccco1. The topological polar surface area (TPSA) is 48.6 Å². The first-order chi connectivity index (χ1) is 9.79. The molecule has 0 bridgehead atoms. The van der Waals surface area contributed by atoms with Crippen molar-refractivity contribution in [2.24, 2.45) is 0 Å². The Morgan fingerprint density at radius 2 is 2.00 bits per heavy atom. The highest BCUT2D eigenvalue weighted by Crippen LogP contribution is 2.05. The molecule has 0 saturated carbocycles. The molecule has 0 amide bonds. The van der Waals surface area contributed by atoms with Crippen LogP contribution in [-0.4, -0.2) is 28.3 Å². The number of hydrogen-bond acceptors (Lipinski definition) is 3. The van der Waals surface area contributed by atoms with Gasteiger partial charge in [-0.25, -0.2) is 0 Å². The Labute approximate surface area is 124 Å². The molecule has 0 atom stereocenters. The maximum absolute atomic E-state index is 9.17. The third kappa shape index (κ3) is 4.36. The molecule has 0 aliphatic heterocycles. The molecule has 4 nitrogen and oxygen atoms in total. The molecule has 1 heterocycles. The van der Waals surface area contributed by atoms with E-state index < -0.39 is 0 Å². The van der Waals surface area contributed by atoms with Crippen molar-refractivity contribution in [3.63, 3.8) is 0 Å². The molecule has 0 aliphatic rings. The second-order valence-corrected chi connectivity index (χ2v) is 4.76. The van der Waals surface area contributed by atoms with Gasteiger partial charge in [0.2, 0.25) is 0 Å². The first-order valence-electron chi connectivity index (χ1n) is 6.49. The van der Waals surface area contributed by atoms with Gasteiger partial charge in [-0.15, -0.1) is 0 Å². The lowest BCUT2D eigenvalue weighted by Crippen LogP contribution is -2.40. The summed E-state index contributed by atoms with van der Waals surface area (Å²) >= 11 is 5.38. The van der Waals surface area contributed by atoms with Crippen LogP contribution >= 0.6 is 12.2 Å². The molecule has 0 spiro atoms. The number of nitrogens with one attached hydrogen (secondary N) is 1. The number of nitrogens with zero attached hydrogens (tertiary/aromatic N) is 1. The van der Waals surface area contributed by atoms with Gasteiger partial charge in [0.25, 0.3) is 0 Å². The highest BCUT2D eigenvalue weighted by atomic mass is 32.1. The summed E-state index contributed by atoms with van der Waals surface area (Å²) in [7, 11) is 0. The summed E-state index contributed by atoms with van der Waals surface area (Å²) in [6.45, 7) is 1.78. The van der Waals surface area contributed by atoms with Crippen LogP contribution in [0.15, 0.2) is 53.1 Å². The molecule has 0 unspecified atom stereocenters. The number of furan rings is 1. The molecule has 5 heteroatoms. The molecular formula is C15H18N2O2S. The summed E-state index contributed by atoms with van der Waals surface area (Å²) in [5.74, 6) is 0.830. The summed E-state index contributed by atoms with van der Waals surface area (Å²) in [4.78, 5) is 1.94. The van der Waals surface area contributed by atoms with Crippen LogP contribution in [0.5, 0.6) is 0 Å². The number of aliphatic hydroxyl groups excluding tert-OH is 1. The van der Waals surface area contributed by atoms with Gasteiger partial charge in [0.1, 0.15) is 5.76 Å². The van der Waals surface area contributed by atoms with E-state index in [4.69, 9.17) is 21.7 Å². The van der Waals surface area contributed by atoms with E-state index in [0.717, 1.165) is 11.3 Å². The molecule has 20 heavy (non-hydrogen) atoms. The summed E-state index contributed by atoms with van der Waals surface area (Å²) in [5.41, 5.74) is 1.16. The first kappa shape index (κ1) is 14.6. The van der Waals surface area contributed by atoms with Crippen LogP contribution in [0.1, 0.15) is 11.3 Å². The van der Waals surface area contributed by atoms with Gasteiger partial charge in [0.05, 0.1) is 19.4 Å². The summed E-state index contributed by atoms with van der Waals surface area (Å²) in [6, 6.07) is 13.8. The Morgan fingerprint density at radius 1 is 1.20 bits per heavy atom. The van der Waals surface area contributed by atoms with Crippen molar-refractivity contribution < 1.29 is 9.52 Å². The van der Waals surface area contributed by atoms with Crippen molar-refractivity contribution in [1.29, 1.82) is 0 Å². The zero-order chi connectivity index (χ0) is 14.2. The normalized spacial score (nSPS) is 10.2. The van der Waals surface area contributed by atoms with Crippen LogP contribution in [-0.2, 0) is 13.1 Å². The third-order valence-electron chi connectivity index (χ3n) is 2.87. The van der Waals surface area contributed by atoms with Crippen molar-refractivity contribution in [2.45, 2.75) is 13.1 Å². The Kier molecular flexibility index (Phi) is 5.58. The summed E-state index contributed by atoms with van der Waals surface area (Å²) in [6.07, 6.45) is 1.63. The standard InChI is InChI=1S/C15H18N2O2S/c18-9-8-17(12-13-5-2-1-3-6-13)15(20)16-11-14-7-4-10-19-14/h1-7,10,18H,8-9,11-12H2,(H,16,20). The largest absolute Gasteiger partial charge is 0.467 e. The Balaban J connectivity index is 1.91.